The molecule has 0 saturated carbocycles. The van der Waals surface area contributed by atoms with Gasteiger partial charge < -0.3 is 15.4 Å². The Morgan fingerprint density at radius 1 is 1.07 bits per heavy atom. The fourth-order valence-corrected chi connectivity index (χ4v) is 2.69. The molecule has 0 spiro atoms. The highest BCUT2D eigenvalue weighted by atomic mass is 35.5. The summed E-state index contributed by atoms with van der Waals surface area (Å²) in [7, 11) is 1.62. The molecule has 1 heterocycles. The molecule has 2 N–H and O–H groups in total. The summed E-state index contributed by atoms with van der Waals surface area (Å²) in [5.41, 5.74) is 3.12. The van der Waals surface area contributed by atoms with Crippen LogP contribution in [0.5, 0.6) is 5.75 Å². The second-order valence-corrected chi connectivity index (χ2v) is 6.36. The van der Waals surface area contributed by atoms with E-state index in [-0.39, 0.29) is 5.91 Å². The topological polar surface area (TPSA) is 63.2 Å². The van der Waals surface area contributed by atoms with Crippen molar-refractivity contribution < 1.29 is 9.53 Å². The van der Waals surface area contributed by atoms with Crippen molar-refractivity contribution in [2.24, 2.45) is 0 Å². The van der Waals surface area contributed by atoms with Gasteiger partial charge in [-0.15, -0.1) is 0 Å². The maximum absolute atomic E-state index is 12.4. The molecule has 0 atom stereocenters. The summed E-state index contributed by atoms with van der Waals surface area (Å²) in [4.78, 5) is 16.5. The molecule has 5 nitrogen and oxygen atoms in total. The number of nitrogens with zero attached hydrogens (tertiary/aromatic N) is 1. The van der Waals surface area contributed by atoms with Gasteiger partial charge in [-0.3, -0.25) is 9.78 Å². The van der Waals surface area contributed by atoms with Crippen LogP contribution in [0, 0.1) is 0 Å². The molecule has 27 heavy (non-hydrogen) atoms. The Labute approximate surface area is 163 Å². The summed E-state index contributed by atoms with van der Waals surface area (Å²) >= 11 is 5.88. The van der Waals surface area contributed by atoms with Gasteiger partial charge in [-0.25, -0.2) is 0 Å². The second kappa shape index (κ2) is 9.05. The normalized spacial score (nSPS) is 10.3. The van der Waals surface area contributed by atoms with Crippen LogP contribution < -0.4 is 15.4 Å². The quantitative estimate of drug-likeness (QED) is 0.634. The Morgan fingerprint density at radius 3 is 2.63 bits per heavy atom. The van der Waals surface area contributed by atoms with Crippen molar-refractivity contribution in [3.63, 3.8) is 0 Å². The van der Waals surface area contributed by atoms with Crippen molar-refractivity contribution in [1.29, 1.82) is 0 Å². The van der Waals surface area contributed by atoms with Gasteiger partial charge >= 0.3 is 0 Å². The SMILES string of the molecule is COc1cccc(Nc2ccnc(C(=O)NCCc3ccc(Cl)cc3)c2)c1. The molecule has 2 aromatic carbocycles. The molecule has 3 rings (SSSR count). The molecule has 0 aliphatic heterocycles. The summed E-state index contributed by atoms with van der Waals surface area (Å²) in [5, 5.41) is 6.84. The number of ether oxygens (including phenoxy) is 1. The summed E-state index contributed by atoms with van der Waals surface area (Å²) in [5.74, 6) is 0.549. The van der Waals surface area contributed by atoms with E-state index in [0.29, 0.717) is 17.3 Å². The minimum Gasteiger partial charge on any atom is -0.497 e. The van der Waals surface area contributed by atoms with Crippen molar-refractivity contribution in [2.75, 3.05) is 19.0 Å². The molecule has 3 aromatic rings. The van der Waals surface area contributed by atoms with Crippen molar-refractivity contribution in [3.05, 3.63) is 83.1 Å². The third kappa shape index (κ3) is 5.46. The maximum atomic E-state index is 12.4. The molecule has 6 heteroatoms. The Hall–Kier alpha value is -3.05. The predicted molar refractivity (Wildman–Crippen MR) is 108 cm³/mol. The van der Waals surface area contributed by atoms with Crippen LogP contribution in [0.4, 0.5) is 11.4 Å². The number of aromatic nitrogens is 1. The lowest BCUT2D eigenvalue weighted by atomic mass is 10.1. The molecule has 0 bridgehead atoms. The number of benzene rings is 2. The summed E-state index contributed by atoms with van der Waals surface area (Å²) in [6.45, 7) is 0.523. The smallest absolute Gasteiger partial charge is 0.269 e. The first-order valence-corrected chi connectivity index (χ1v) is 8.91. The molecule has 0 saturated heterocycles. The molecule has 0 aliphatic carbocycles. The molecule has 1 amide bonds. The van der Waals surface area contributed by atoms with Gasteiger partial charge in [-0.05, 0) is 48.4 Å². The standard InChI is InChI=1S/C21H20ClN3O2/c1-27-19-4-2-3-17(13-19)25-18-10-12-23-20(14-18)21(26)24-11-9-15-5-7-16(22)8-6-15/h2-8,10,12-14H,9,11H2,1H3,(H,23,25)(H,24,26). The van der Waals surface area contributed by atoms with Gasteiger partial charge in [0.05, 0.1) is 7.11 Å². The van der Waals surface area contributed by atoms with Crippen LogP contribution in [0.15, 0.2) is 66.9 Å². The van der Waals surface area contributed by atoms with E-state index < -0.39 is 0 Å². The number of methoxy groups -OCH3 is 1. The van der Waals surface area contributed by atoms with Crippen molar-refractivity contribution in [2.45, 2.75) is 6.42 Å². The van der Waals surface area contributed by atoms with Gasteiger partial charge in [0.1, 0.15) is 11.4 Å². The minimum atomic E-state index is -0.210. The highest BCUT2D eigenvalue weighted by Gasteiger charge is 2.08. The Balaban J connectivity index is 1.58. The van der Waals surface area contributed by atoms with Crippen molar-refractivity contribution in [3.8, 4) is 5.75 Å². The number of hydrogen-bond acceptors (Lipinski definition) is 4. The first kappa shape index (κ1) is 18.7. The van der Waals surface area contributed by atoms with E-state index in [0.717, 1.165) is 29.1 Å². The van der Waals surface area contributed by atoms with E-state index in [2.05, 4.69) is 15.6 Å². The Bertz CT molecular complexity index is 913. The zero-order valence-corrected chi connectivity index (χ0v) is 15.7. The Morgan fingerprint density at radius 2 is 1.85 bits per heavy atom. The molecule has 1 aromatic heterocycles. The van der Waals surface area contributed by atoms with Gasteiger partial charge in [0.2, 0.25) is 0 Å². The van der Waals surface area contributed by atoms with Crippen molar-refractivity contribution >= 4 is 28.9 Å². The monoisotopic (exact) mass is 381 g/mol. The average Bonchev–Trinajstić information content (AvgIpc) is 2.70. The van der Waals surface area contributed by atoms with Crippen LogP contribution in [0.1, 0.15) is 16.1 Å². The highest BCUT2D eigenvalue weighted by molar-refractivity contribution is 6.30. The van der Waals surface area contributed by atoms with E-state index >= 15 is 0 Å². The molecule has 0 radical (unpaired) electrons. The number of amides is 1. The third-order valence-electron chi connectivity index (χ3n) is 3.96. The molecular formula is C21H20ClN3O2. The summed E-state index contributed by atoms with van der Waals surface area (Å²) in [6.07, 6.45) is 2.33. The van der Waals surface area contributed by atoms with E-state index in [1.165, 1.54) is 0 Å². The van der Waals surface area contributed by atoms with E-state index in [9.17, 15) is 4.79 Å². The van der Waals surface area contributed by atoms with E-state index in [4.69, 9.17) is 16.3 Å². The lowest BCUT2D eigenvalue weighted by molar-refractivity contribution is 0.0949. The molecule has 0 aliphatic rings. The first-order chi connectivity index (χ1) is 13.1. The molecule has 0 fully saturated rings. The van der Waals surface area contributed by atoms with Gasteiger partial charge in [-0.1, -0.05) is 29.8 Å². The molecule has 0 unspecified atom stereocenters. The van der Waals surface area contributed by atoms with Crippen LogP contribution in [0.25, 0.3) is 0 Å². The van der Waals surface area contributed by atoms with Gasteiger partial charge in [0.25, 0.3) is 5.91 Å². The van der Waals surface area contributed by atoms with Crippen LogP contribution >= 0.6 is 11.6 Å². The van der Waals surface area contributed by atoms with Crippen LogP contribution in [-0.4, -0.2) is 24.5 Å². The lowest BCUT2D eigenvalue weighted by Gasteiger charge is -2.10. The van der Waals surface area contributed by atoms with Gasteiger partial charge in [-0.2, -0.15) is 0 Å². The summed E-state index contributed by atoms with van der Waals surface area (Å²) < 4.78 is 5.22. The largest absolute Gasteiger partial charge is 0.497 e. The van der Waals surface area contributed by atoms with Crippen LogP contribution in [-0.2, 0) is 6.42 Å². The van der Waals surface area contributed by atoms with E-state index in [1.54, 1.807) is 19.4 Å². The van der Waals surface area contributed by atoms with Crippen LogP contribution in [0.3, 0.4) is 0 Å². The van der Waals surface area contributed by atoms with Gasteiger partial charge in [0, 0.05) is 35.2 Å². The molecular weight excluding hydrogens is 362 g/mol. The third-order valence-corrected chi connectivity index (χ3v) is 4.22. The zero-order valence-electron chi connectivity index (χ0n) is 14.9. The fourth-order valence-electron chi connectivity index (χ4n) is 2.56. The predicted octanol–water partition coefficient (Wildman–Crippen LogP) is 4.46. The van der Waals surface area contributed by atoms with Gasteiger partial charge in [0.15, 0.2) is 0 Å². The number of hydrogen-bond donors (Lipinski definition) is 2. The number of carbonyl (C=O) groups excluding carboxylic acids is 1. The number of rotatable bonds is 7. The Kier molecular flexibility index (Phi) is 6.28. The number of pyridine rings is 1. The van der Waals surface area contributed by atoms with Crippen LogP contribution in [0.2, 0.25) is 5.02 Å². The number of anilines is 2. The summed E-state index contributed by atoms with van der Waals surface area (Å²) in [6, 6.07) is 18.7. The highest BCUT2D eigenvalue weighted by Crippen LogP contribution is 2.21. The average molecular weight is 382 g/mol. The first-order valence-electron chi connectivity index (χ1n) is 8.54. The lowest BCUT2D eigenvalue weighted by Crippen LogP contribution is -2.26. The fraction of sp³-hybridized carbons (Fsp3) is 0.143. The number of carbonyl (C=O) groups is 1. The minimum absolute atomic E-state index is 0.210. The maximum Gasteiger partial charge on any atom is 0.269 e. The van der Waals surface area contributed by atoms with Crippen molar-refractivity contribution in [1.82, 2.24) is 10.3 Å². The van der Waals surface area contributed by atoms with E-state index in [1.807, 2.05) is 54.6 Å². The zero-order chi connectivity index (χ0) is 19.1. The second-order valence-electron chi connectivity index (χ2n) is 5.92. The number of nitrogens with one attached hydrogen (secondary N) is 2. The molecule has 138 valence electrons. The number of halogens is 1.